The Morgan fingerprint density at radius 3 is 2.14 bits per heavy atom. The van der Waals surface area contributed by atoms with E-state index in [1.807, 2.05) is 0 Å². The van der Waals surface area contributed by atoms with Crippen molar-refractivity contribution >= 4 is 0 Å². The van der Waals surface area contributed by atoms with Gasteiger partial charge in [0.25, 0.3) is 5.92 Å². The van der Waals surface area contributed by atoms with Crippen LogP contribution in [0.1, 0.15) is 6.42 Å². The van der Waals surface area contributed by atoms with Crippen molar-refractivity contribution in [3.8, 4) is 0 Å². The number of hydrogen-bond acceptors (Lipinski definition) is 1. The molecule has 1 atom stereocenters. The lowest BCUT2D eigenvalue weighted by Crippen LogP contribution is -1.99. The molecule has 0 heterocycles. The number of hydrogen-bond donors (Lipinski definition) is 0. The first-order valence-electron chi connectivity index (χ1n) is 2.07. The van der Waals surface area contributed by atoms with Gasteiger partial charge in [0.1, 0.15) is 6.10 Å². The van der Waals surface area contributed by atoms with E-state index in [0.717, 1.165) is 0 Å². The molecule has 1 aliphatic carbocycles. The summed E-state index contributed by atoms with van der Waals surface area (Å²) in [5, 5.41) is 0. The molecule has 0 aromatic rings. The number of ether oxygens (including phenoxy) is 1. The van der Waals surface area contributed by atoms with Crippen LogP contribution in [-0.4, -0.2) is 19.1 Å². The van der Waals surface area contributed by atoms with Crippen LogP contribution in [-0.2, 0) is 4.74 Å². The second kappa shape index (κ2) is 1.15. The second-order valence-corrected chi connectivity index (χ2v) is 1.69. The molecule has 1 rings (SSSR count). The van der Waals surface area contributed by atoms with Gasteiger partial charge in [-0.1, -0.05) is 0 Å². The highest BCUT2D eigenvalue weighted by atomic mass is 19.3. The maximum Gasteiger partial charge on any atom is 0.276 e. The highest BCUT2D eigenvalue weighted by Crippen LogP contribution is 2.43. The zero-order valence-electron chi connectivity index (χ0n) is 3.95. The number of rotatable bonds is 1. The van der Waals surface area contributed by atoms with E-state index >= 15 is 0 Å². The van der Waals surface area contributed by atoms with E-state index in [1.165, 1.54) is 7.11 Å². The number of alkyl halides is 2. The Kier molecular flexibility index (Phi) is 0.819. The van der Waals surface area contributed by atoms with E-state index in [0.29, 0.717) is 0 Å². The molecule has 1 aliphatic rings. The number of methoxy groups -OCH3 is 1. The molecule has 0 amide bonds. The topological polar surface area (TPSA) is 9.23 Å². The Morgan fingerprint density at radius 2 is 2.14 bits per heavy atom. The number of halogens is 2. The molecule has 1 fully saturated rings. The summed E-state index contributed by atoms with van der Waals surface area (Å²) >= 11 is 0. The van der Waals surface area contributed by atoms with Crippen molar-refractivity contribution in [1.82, 2.24) is 0 Å². The summed E-state index contributed by atoms with van der Waals surface area (Å²) in [4.78, 5) is 0. The van der Waals surface area contributed by atoms with Crippen molar-refractivity contribution in [1.29, 1.82) is 0 Å². The lowest BCUT2D eigenvalue weighted by molar-refractivity contribution is 0.0354. The smallest absolute Gasteiger partial charge is 0.276 e. The fourth-order valence-electron chi connectivity index (χ4n) is 0.444. The van der Waals surface area contributed by atoms with Crippen molar-refractivity contribution in [2.24, 2.45) is 0 Å². The molecule has 0 aromatic carbocycles. The molecule has 7 heavy (non-hydrogen) atoms. The lowest BCUT2D eigenvalue weighted by atomic mass is 10.8. The van der Waals surface area contributed by atoms with E-state index in [1.54, 1.807) is 0 Å². The van der Waals surface area contributed by atoms with Gasteiger partial charge < -0.3 is 4.74 Å². The van der Waals surface area contributed by atoms with Gasteiger partial charge >= 0.3 is 0 Å². The zero-order chi connectivity index (χ0) is 5.49. The van der Waals surface area contributed by atoms with E-state index in [2.05, 4.69) is 4.74 Å². The third-order valence-electron chi connectivity index (χ3n) is 1.05. The van der Waals surface area contributed by atoms with E-state index in [4.69, 9.17) is 0 Å². The third kappa shape index (κ3) is 0.725. The normalized spacial score (nSPS) is 35.6. The average Bonchev–Trinajstić information content (AvgIpc) is 2.13. The molecule has 0 spiro atoms. The van der Waals surface area contributed by atoms with Crippen LogP contribution in [0.2, 0.25) is 0 Å². The minimum atomic E-state index is -2.51. The molecule has 0 aromatic heterocycles. The molecule has 0 bridgehead atoms. The predicted octanol–water partition coefficient (Wildman–Crippen LogP) is 1.04. The molecule has 3 heteroatoms. The van der Waals surface area contributed by atoms with Gasteiger partial charge in [-0.05, 0) is 0 Å². The summed E-state index contributed by atoms with van der Waals surface area (Å²) in [6, 6.07) is 0. The Morgan fingerprint density at radius 1 is 1.71 bits per heavy atom. The fraction of sp³-hybridized carbons (Fsp3) is 1.00. The standard InChI is InChI=1S/C4H6F2O/c1-7-3-2-4(3,5)6/h3H,2H2,1H3/t3-/m0/s1. The van der Waals surface area contributed by atoms with Gasteiger partial charge in [0, 0.05) is 13.5 Å². The SMILES string of the molecule is CO[C@H]1CC1(F)F. The lowest BCUT2D eigenvalue weighted by Gasteiger charge is -1.89. The van der Waals surface area contributed by atoms with Crippen molar-refractivity contribution in [3.05, 3.63) is 0 Å². The van der Waals surface area contributed by atoms with Gasteiger partial charge in [0.2, 0.25) is 0 Å². The van der Waals surface area contributed by atoms with E-state index < -0.39 is 12.0 Å². The Hall–Kier alpha value is -0.180. The highest BCUT2D eigenvalue weighted by molar-refractivity contribution is 4.96. The minimum absolute atomic E-state index is 0.0938. The summed E-state index contributed by atoms with van der Waals surface area (Å²) in [5.74, 6) is -2.51. The maximum atomic E-state index is 11.7. The Balaban J connectivity index is 2.30. The van der Waals surface area contributed by atoms with Gasteiger partial charge in [-0.25, -0.2) is 8.78 Å². The second-order valence-electron chi connectivity index (χ2n) is 1.69. The van der Waals surface area contributed by atoms with E-state index in [-0.39, 0.29) is 6.42 Å². The summed E-state index contributed by atoms with van der Waals surface area (Å²) < 4.78 is 27.7. The summed E-state index contributed by atoms with van der Waals surface area (Å²) in [5.41, 5.74) is 0. The molecular weight excluding hydrogens is 102 g/mol. The van der Waals surface area contributed by atoms with Gasteiger partial charge in [-0.3, -0.25) is 0 Å². The van der Waals surface area contributed by atoms with Crippen LogP contribution in [0.5, 0.6) is 0 Å². The van der Waals surface area contributed by atoms with E-state index in [9.17, 15) is 8.78 Å². The van der Waals surface area contributed by atoms with Crippen LogP contribution in [0.3, 0.4) is 0 Å². The fourth-order valence-corrected chi connectivity index (χ4v) is 0.444. The van der Waals surface area contributed by atoms with Crippen LogP contribution >= 0.6 is 0 Å². The highest BCUT2D eigenvalue weighted by Gasteiger charge is 2.57. The quantitative estimate of drug-likeness (QED) is 0.487. The summed E-state index contributed by atoms with van der Waals surface area (Å²) in [6.07, 6.45) is -0.878. The predicted molar refractivity (Wildman–Crippen MR) is 20.4 cm³/mol. The van der Waals surface area contributed by atoms with Crippen LogP contribution < -0.4 is 0 Å². The van der Waals surface area contributed by atoms with Crippen LogP contribution in [0.15, 0.2) is 0 Å². The molecule has 1 nitrogen and oxygen atoms in total. The first kappa shape index (κ1) is 4.97. The Bertz CT molecular complexity index is 81.8. The van der Waals surface area contributed by atoms with Crippen molar-refractivity contribution in [3.63, 3.8) is 0 Å². The molecular formula is C4H6F2O. The van der Waals surface area contributed by atoms with Crippen molar-refractivity contribution < 1.29 is 13.5 Å². The van der Waals surface area contributed by atoms with Crippen molar-refractivity contribution in [2.45, 2.75) is 18.4 Å². The van der Waals surface area contributed by atoms with Crippen molar-refractivity contribution in [2.75, 3.05) is 7.11 Å². The van der Waals surface area contributed by atoms with Crippen LogP contribution in [0.25, 0.3) is 0 Å². The molecule has 0 radical (unpaired) electrons. The van der Waals surface area contributed by atoms with Gasteiger partial charge in [0.15, 0.2) is 0 Å². The zero-order valence-corrected chi connectivity index (χ0v) is 3.95. The van der Waals surface area contributed by atoms with Crippen LogP contribution in [0.4, 0.5) is 8.78 Å². The van der Waals surface area contributed by atoms with Crippen LogP contribution in [0, 0.1) is 0 Å². The monoisotopic (exact) mass is 108 g/mol. The van der Waals surface area contributed by atoms with Gasteiger partial charge in [0.05, 0.1) is 0 Å². The summed E-state index contributed by atoms with van der Waals surface area (Å²) in [6.45, 7) is 0. The molecule has 1 saturated carbocycles. The first-order valence-corrected chi connectivity index (χ1v) is 2.07. The average molecular weight is 108 g/mol. The molecule has 0 saturated heterocycles. The molecule has 42 valence electrons. The Labute approximate surface area is 40.3 Å². The largest absolute Gasteiger partial charge is 0.375 e. The first-order chi connectivity index (χ1) is 3.17. The van der Waals surface area contributed by atoms with Gasteiger partial charge in [-0.15, -0.1) is 0 Å². The molecule has 0 N–H and O–H groups in total. The summed E-state index contributed by atoms with van der Waals surface area (Å²) in [7, 11) is 1.30. The minimum Gasteiger partial charge on any atom is -0.375 e. The molecule has 0 unspecified atom stereocenters. The third-order valence-corrected chi connectivity index (χ3v) is 1.05. The van der Waals surface area contributed by atoms with Gasteiger partial charge in [-0.2, -0.15) is 0 Å². The maximum absolute atomic E-state index is 11.7. The molecule has 0 aliphatic heterocycles.